The zero-order chi connectivity index (χ0) is 23.8. The van der Waals surface area contributed by atoms with Gasteiger partial charge in [-0.1, -0.05) is 18.2 Å². The van der Waals surface area contributed by atoms with Gasteiger partial charge in [0, 0.05) is 41.1 Å². The van der Waals surface area contributed by atoms with Crippen molar-refractivity contribution in [1.29, 1.82) is 0 Å². The van der Waals surface area contributed by atoms with E-state index in [2.05, 4.69) is 20.0 Å². The standard InChI is InChI=1S/C25H24N4O3S2/c30-25(19-11-13-22(14-12-19)34(31,32)29-21-8-2-1-3-9-21)27-16-5-4-10-24-28-23(18-33-24)20-7-6-15-26-17-20/h1-3,6-9,11-15,17-18,29H,4-5,10,16H2,(H,27,30). The van der Waals surface area contributed by atoms with Crippen LogP contribution in [0.25, 0.3) is 11.3 Å². The Kier molecular flexibility index (Phi) is 7.66. The van der Waals surface area contributed by atoms with Crippen LogP contribution in [0.15, 0.2) is 89.4 Å². The Morgan fingerprint density at radius 2 is 1.74 bits per heavy atom. The highest BCUT2D eigenvalue weighted by atomic mass is 32.2. The fourth-order valence-corrected chi connectivity index (χ4v) is 5.19. The molecule has 0 bridgehead atoms. The molecule has 4 rings (SSSR count). The summed E-state index contributed by atoms with van der Waals surface area (Å²) in [6, 6.07) is 18.4. The summed E-state index contributed by atoms with van der Waals surface area (Å²) in [7, 11) is -3.71. The van der Waals surface area contributed by atoms with Crippen LogP contribution in [-0.4, -0.2) is 30.8 Å². The molecular formula is C25H24N4O3S2. The average molecular weight is 493 g/mol. The number of anilines is 1. The molecule has 0 aliphatic heterocycles. The Bertz CT molecular complexity index is 1320. The molecule has 0 spiro atoms. The lowest BCUT2D eigenvalue weighted by Gasteiger charge is -2.09. The van der Waals surface area contributed by atoms with Crippen LogP contribution in [0, 0.1) is 0 Å². The third-order valence-corrected chi connectivity index (χ3v) is 7.37. The summed E-state index contributed by atoms with van der Waals surface area (Å²) in [6.07, 6.45) is 6.12. The summed E-state index contributed by atoms with van der Waals surface area (Å²) in [5.41, 5.74) is 2.84. The van der Waals surface area contributed by atoms with Crippen LogP contribution >= 0.6 is 11.3 Å². The Hall–Kier alpha value is -3.56. The van der Waals surface area contributed by atoms with Crippen LogP contribution < -0.4 is 10.0 Å². The molecule has 0 saturated carbocycles. The number of unbranched alkanes of at least 4 members (excludes halogenated alkanes) is 1. The summed E-state index contributed by atoms with van der Waals surface area (Å²) < 4.78 is 27.5. The second-order valence-corrected chi connectivity index (χ2v) is 10.2. The number of para-hydroxylation sites is 1. The molecule has 34 heavy (non-hydrogen) atoms. The SMILES string of the molecule is O=C(NCCCCc1nc(-c2cccnc2)cs1)c1ccc(S(=O)(=O)Nc2ccccc2)cc1. The predicted octanol–water partition coefficient (Wildman–Crippen LogP) is 4.76. The molecule has 1 amide bonds. The molecule has 0 unspecified atom stereocenters. The number of thiazole rings is 1. The van der Waals surface area contributed by atoms with E-state index in [0.717, 1.165) is 35.5 Å². The summed E-state index contributed by atoms with van der Waals surface area (Å²) in [4.78, 5) is 21.3. The maximum Gasteiger partial charge on any atom is 0.261 e. The number of carbonyl (C=O) groups excluding carboxylic acids is 1. The van der Waals surface area contributed by atoms with Gasteiger partial charge in [-0.25, -0.2) is 13.4 Å². The molecule has 0 atom stereocenters. The first-order valence-corrected chi connectivity index (χ1v) is 13.2. The fourth-order valence-electron chi connectivity index (χ4n) is 3.28. The Balaban J connectivity index is 1.22. The second kappa shape index (κ2) is 11.0. The molecule has 0 saturated heterocycles. The van der Waals surface area contributed by atoms with Crippen molar-refractivity contribution < 1.29 is 13.2 Å². The number of nitrogens with zero attached hydrogens (tertiary/aromatic N) is 2. The first kappa shape index (κ1) is 23.6. The fraction of sp³-hybridized carbons (Fsp3) is 0.160. The second-order valence-electron chi connectivity index (χ2n) is 7.58. The zero-order valence-electron chi connectivity index (χ0n) is 18.3. The van der Waals surface area contributed by atoms with Crippen molar-refractivity contribution in [1.82, 2.24) is 15.3 Å². The zero-order valence-corrected chi connectivity index (χ0v) is 20.0. The highest BCUT2D eigenvalue weighted by Crippen LogP contribution is 2.22. The van der Waals surface area contributed by atoms with Gasteiger partial charge in [-0.05, 0) is 67.8 Å². The molecule has 2 aromatic heterocycles. The van der Waals surface area contributed by atoms with Gasteiger partial charge in [0.25, 0.3) is 15.9 Å². The topological polar surface area (TPSA) is 101 Å². The number of aromatic nitrogens is 2. The van der Waals surface area contributed by atoms with E-state index >= 15 is 0 Å². The first-order valence-electron chi connectivity index (χ1n) is 10.8. The smallest absolute Gasteiger partial charge is 0.261 e. The number of carbonyl (C=O) groups is 1. The van der Waals surface area contributed by atoms with E-state index in [-0.39, 0.29) is 10.8 Å². The molecule has 174 valence electrons. The van der Waals surface area contributed by atoms with Crippen LogP contribution in [0.4, 0.5) is 5.69 Å². The van der Waals surface area contributed by atoms with Crippen molar-refractivity contribution in [3.8, 4) is 11.3 Å². The van der Waals surface area contributed by atoms with Gasteiger partial charge in [-0.2, -0.15) is 0 Å². The van der Waals surface area contributed by atoms with Crippen LogP contribution in [0.1, 0.15) is 28.2 Å². The number of aryl methyl sites for hydroxylation is 1. The molecule has 7 nitrogen and oxygen atoms in total. The molecule has 0 aliphatic carbocycles. The van der Waals surface area contributed by atoms with Gasteiger partial charge in [0.2, 0.25) is 0 Å². The Labute approximate surface area is 203 Å². The van der Waals surface area contributed by atoms with Gasteiger partial charge >= 0.3 is 0 Å². The Morgan fingerprint density at radius 1 is 0.941 bits per heavy atom. The number of hydrogen-bond acceptors (Lipinski definition) is 6. The number of sulfonamides is 1. The quantitative estimate of drug-likeness (QED) is 0.311. The minimum Gasteiger partial charge on any atom is -0.352 e. The van der Waals surface area contributed by atoms with Gasteiger partial charge in [0.05, 0.1) is 15.6 Å². The lowest BCUT2D eigenvalue weighted by Crippen LogP contribution is -2.24. The largest absolute Gasteiger partial charge is 0.352 e. The van der Waals surface area contributed by atoms with Crippen LogP contribution in [0.2, 0.25) is 0 Å². The van der Waals surface area contributed by atoms with Gasteiger partial charge in [-0.15, -0.1) is 11.3 Å². The van der Waals surface area contributed by atoms with E-state index in [0.29, 0.717) is 17.8 Å². The minimum atomic E-state index is -3.71. The monoisotopic (exact) mass is 492 g/mol. The molecule has 0 radical (unpaired) electrons. The predicted molar refractivity (Wildman–Crippen MR) is 134 cm³/mol. The molecule has 2 N–H and O–H groups in total. The summed E-state index contributed by atoms with van der Waals surface area (Å²) in [6.45, 7) is 0.537. The molecule has 0 fully saturated rings. The third-order valence-electron chi connectivity index (χ3n) is 5.06. The minimum absolute atomic E-state index is 0.0991. The summed E-state index contributed by atoms with van der Waals surface area (Å²) in [5, 5.41) is 5.98. The highest BCUT2D eigenvalue weighted by Gasteiger charge is 2.15. The molecule has 2 aromatic carbocycles. The molecule has 4 aromatic rings. The normalized spacial score (nSPS) is 11.2. The Morgan fingerprint density at radius 3 is 2.47 bits per heavy atom. The van der Waals surface area contributed by atoms with Crippen LogP contribution in [0.5, 0.6) is 0 Å². The number of pyridine rings is 1. The lowest BCUT2D eigenvalue weighted by molar-refractivity contribution is 0.0953. The summed E-state index contributed by atoms with van der Waals surface area (Å²) in [5.74, 6) is -0.229. The number of hydrogen-bond donors (Lipinski definition) is 2. The molecule has 9 heteroatoms. The maximum atomic E-state index is 12.5. The van der Waals surface area contributed by atoms with Crippen molar-refractivity contribution in [3.05, 3.63) is 95.1 Å². The maximum absolute atomic E-state index is 12.5. The van der Waals surface area contributed by atoms with Crippen LogP contribution in [0.3, 0.4) is 0 Å². The first-order chi connectivity index (χ1) is 16.5. The number of rotatable bonds is 10. The van der Waals surface area contributed by atoms with Crippen molar-refractivity contribution in [2.45, 2.75) is 24.2 Å². The van der Waals surface area contributed by atoms with E-state index in [1.807, 2.05) is 23.6 Å². The molecule has 0 aliphatic rings. The van der Waals surface area contributed by atoms with Crippen molar-refractivity contribution in [3.63, 3.8) is 0 Å². The van der Waals surface area contributed by atoms with E-state index in [9.17, 15) is 13.2 Å². The molecule has 2 heterocycles. The lowest BCUT2D eigenvalue weighted by atomic mass is 10.2. The van der Waals surface area contributed by atoms with Crippen LogP contribution in [-0.2, 0) is 16.4 Å². The van der Waals surface area contributed by atoms with Crippen molar-refractivity contribution >= 4 is 33.0 Å². The van der Waals surface area contributed by atoms with E-state index < -0.39 is 10.0 Å². The number of nitrogens with one attached hydrogen (secondary N) is 2. The van der Waals surface area contributed by atoms with Crippen molar-refractivity contribution in [2.75, 3.05) is 11.3 Å². The van der Waals surface area contributed by atoms with E-state index in [4.69, 9.17) is 0 Å². The highest BCUT2D eigenvalue weighted by molar-refractivity contribution is 7.92. The van der Waals surface area contributed by atoms with Gasteiger partial charge < -0.3 is 5.32 Å². The van der Waals surface area contributed by atoms with Gasteiger partial charge in [-0.3, -0.25) is 14.5 Å². The summed E-state index contributed by atoms with van der Waals surface area (Å²) >= 11 is 1.63. The van der Waals surface area contributed by atoms with Gasteiger partial charge in [0.15, 0.2) is 0 Å². The van der Waals surface area contributed by atoms with E-state index in [1.165, 1.54) is 24.3 Å². The molecular weight excluding hydrogens is 468 g/mol. The van der Waals surface area contributed by atoms with E-state index in [1.54, 1.807) is 48.0 Å². The average Bonchev–Trinajstić information content (AvgIpc) is 3.34. The van der Waals surface area contributed by atoms with Gasteiger partial charge in [0.1, 0.15) is 0 Å². The number of benzene rings is 2. The van der Waals surface area contributed by atoms with Crippen molar-refractivity contribution in [2.24, 2.45) is 0 Å². The number of amides is 1. The third kappa shape index (κ3) is 6.27.